The van der Waals surface area contributed by atoms with Crippen molar-refractivity contribution in [2.75, 3.05) is 40.5 Å². The number of carboxylic acid groups (broad SMARTS) is 1. The third kappa shape index (κ3) is 7.16. The molecule has 1 heterocycles. The summed E-state index contributed by atoms with van der Waals surface area (Å²) in [6.45, 7) is 3.67. The topological polar surface area (TPSA) is 161 Å². The lowest BCUT2D eigenvalue weighted by molar-refractivity contribution is -0.384. The lowest BCUT2D eigenvalue weighted by Crippen LogP contribution is -2.35. The molecule has 2 atom stereocenters. The normalized spacial score (nSPS) is 16.0. The quantitative estimate of drug-likeness (QED) is 0.144. The van der Waals surface area contributed by atoms with E-state index in [9.17, 15) is 29.9 Å². The maximum atomic E-state index is 13.3. The maximum Gasteiger partial charge on any atom is 0.336 e. The number of ether oxygens (including phenoxy) is 3. The third-order valence-electron chi connectivity index (χ3n) is 6.62. The third-order valence-corrected chi connectivity index (χ3v) is 6.62. The average Bonchev–Trinajstić information content (AvgIpc) is 2.94. The van der Waals surface area contributed by atoms with Crippen molar-refractivity contribution >= 4 is 17.6 Å². The lowest BCUT2D eigenvalue weighted by Gasteiger charge is -2.35. The van der Waals surface area contributed by atoms with Crippen molar-refractivity contribution in [1.29, 1.82) is 0 Å². The summed E-state index contributed by atoms with van der Waals surface area (Å²) in [7, 11) is 3.21. The Morgan fingerprint density at radius 1 is 1.10 bits per heavy atom. The largest absolute Gasteiger partial charge is 0.497 e. The van der Waals surface area contributed by atoms with Crippen molar-refractivity contribution in [3.8, 4) is 11.5 Å². The van der Waals surface area contributed by atoms with Crippen LogP contribution in [0.25, 0.3) is 0 Å². The Balaban J connectivity index is 1.63. The Kier molecular flexibility index (Phi) is 10.2. The van der Waals surface area contributed by atoms with Crippen LogP contribution in [-0.2, 0) is 14.3 Å². The minimum atomic E-state index is -1.24. The molecule has 0 aliphatic carbocycles. The van der Waals surface area contributed by atoms with Gasteiger partial charge in [0.15, 0.2) is 0 Å². The van der Waals surface area contributed by atoms with Crippen LogP contribution >= 0.6 is 0 Å². The van der Waals surface area contributed by atoms with Crippen molar-refractivity contribution in [3.63, 3.8) is 0 Å². The van der Waals surface area contributed by atoms with E-state index in [4.69, 9.17) is 14.2 Å². The second-order valence-electron chi connectivity index (χ2n) is 9.13. The molecule has 0 radical (unpaired) electrons. The number of nitro groups is 1. The molecule has 0 fully saturated rings. The summed E-state index contributed by atoms with van der Waals surface area (Å²) in [5, 5.41) is 34.5. The molecule has 0 saturated heterocycles. The first-order valence-corrected chi connectivity index (χ1v) is 12.5. The molecular formula is C28H33N3O9. The molecule has 2 unspecified atom stereocenters. The number of aliphatic hydroxyl groups is 1. The first-order chi connectivity index (χ1) is 19.0. The summed E-state index contributed by atoms with van der Waals surface area (Å²) in [4.78, 5) is 37.9. The van der Waals surface area contributed by atoms with E-state index in [2.05, 4.69) is 5.32 Å². The number of esters is 1. The second kappa shape index (κ2) is 13.6. The van der Waals surface area contributed by atoms with E-state index >= 15 is 0 Å². The number of hydrogen-bond acceptors (Lipinski definition) is 10. The molecule has 12 nitrogen and oxygen atoms in total. The predicted octanol–water partition coefficient (Wildman–Crippen LogP) is 2.84. The van der Waals surface area contributed by atoms with Gasteiger partial charge in [0.25, 0.3) is 5.69 Å². The highest BCUT2D eigenvalue weighted by molar-refractivity contribution is 5.99. The van der Waals surface area contributed by atoms with Gasteiger partial charge in [-0.2, -0.15) is 0 Å². The number of carbonyl (C=O) groups excluding carboxylic acids is 1. The molecule has 0 bridgehead atoms. The fourth-order valence-electron chi connectivity index (χ4n) is 4.36. The summed E-state index contributed by atoms with van der Waals surface area (Å²) >= 11 is 0. The second-order valence-corrected chi connectivity index (χ2v) is 9.13. The highest BCUT2D eigenvalue weighted by Crippen LogP contribution is 2.42. The van der Waals surface area contributed by atoms with E-state index in [1.54, 1.807) is 63.2 Å². The van der Waals surface area contributed by atoms with Crippen LogP contribution in [0.1, 0.15) is 25.3 Å². The zero-order valence-electron chi connectivity index (χ0n) is 22.7. The lowest BCUT2D eigenvalue weighted by atomic mass is 9.80. The van der Waals surface area contributed by atoms with Crippen LogP contribution in [0, 0.1) is 10.1 Å². The number of aliphatic carboxylic acids is 1. The number of hydrogen-bond donors (Lipinski definition) is 3. The molecule has 2 aromatic rings. The number of allylic oxidation sites excluding steroid dienone is 2. The van der Waals surface area contributed by atoms with Crippen LogP contribution in [0.5, 0.6) is 11.5 Å². The van der Waals surface area contributed by atoms with E-state index in [-0.39, 0.29) is 43.1 Å². The van der Waals surface area contributed by atoms with Gasteiger partial charge in [0.05, 0.1) is 29.1 Å². The number of nitro benzene ring substituents is 1. The highest BCUT2D eigenvalue weighted by atomic mass is 16.6. The number of non-ortho nitro benzene ring substituents is 1. The van der Waals surface area contributed by atoms with Crippen molar-refractivity contribution < 1.29 is 38.9 Å². The summed E-state index contributed by atoms with van der Waals surface area (Å²) in [6.07, 6.45) is -0.820. The first-order valence-electron chi connectivity index (χ1n) is 12.5. The van der Waals surface area contributed by atoms with Gasteiger partial charge in [0.1, 0.15) is 30.8 Å². The van der Waals surface area contributed by atoms with Crippen molar-refractivity contribution in [3.05, 3.63) is 86.7 Å². The fraction of sp³-hybridized carbons (Fsp3) is 0.357. The van der Waals surface area contributed by atoms with E-state index < -0.39 is 28.9 Å². The van der Waals surface area contributed by atoms with Gasteiger partial charge in [-0.3, -0.25) is 10.1 Å². The monoisotopic (exact) mass is 555 g/mol. The van der Waals surface area contributed by atoms with E-state index in [1.807, 2.05) is 0 Å². The molecule has 214 valence electrons. The Morgan fingerprint density at radius 3 is 2.38 bits per heavy atom. The average molecular weight is 556 g/mol. The first kappa shape index (κ1) is 30.1. The van der Waals surface area contributed by atoms with Crippen LogP contribution in [0.2, 0.25) is 0 Å². The van der Waals surface area contributed by atoms with Crippen LogP contribution < -0.4 is 14.8 Å². The summed E-state index contributed by atoms with van der Waals surface area (Å²) < 4.78 is 16.1. The standard InChI is InChI=1S/C28H33N3O9/c1-17-24(27(33)34)26(19-6-5-7-20(14-19)31(36)37)25(18(2)30(17)3)28(35)39-13-12-29-15-21(32)16-40-23-10-8-22(38-4)9-11-23/h5-11,14,21,26,29,32H,12-13,15-16H2,1-4H3,(H,33,34). The zero-order chi connectivity index (χ0) is 29.4. The Labute approximate surface area is 231 Å². The highest BCUT2D eigenvalue weighted by Gasteiger charge is 2.39. The van der Waals surface area contributed by atoms with Crippen molar-refractivity contribution in [1.82, 2.24) is 10.2 Å². The number of rotatable bonds is 13. The van der Waals surface area contributed by atoms with Crippen LogP contribution in [0.3, 0.4) is 0 Å². The minimum absolute atomic E-state index is 0.0477. The van der Waals surface area contributed by atoms with E-state index in [1.165, 1.54) is 18.2 Å². The molecule has 0 aromatic heterocycles. The number of aliphatic hydroxyl groups excluding tert-OH is 1. The molecule has 1 aliphatic rings. The SMILES string of the molecule is COc1ccc(OCC(O)CNCCOC(=O)C2=C(C)N(C)C(C)=C(C(=O)O)C2c2cccc([N+](=O)[O-])c2)cc1. The molecule has 3 rings (SSSR count). The fourth-order valence-corrected chi connectivity index (χ4v) is 4.36. The molecule has 12 heteroatoms. The molecule has 40 heavy (non-hydrogen) atoms. The Morgan fingerprint density at radius 2 is 1.75 bits per heavy atom. The van der Waals surface area contributed by atoms with Crippen molar-refractivity contribution in [2.45, 2.75) is 25.9 Å². The van der Waals surface area contributed by atoms with E-state index in [0.717, 1.165) is 0 Å². The Bertz CT molecular complexity index is 1300. The molecule has 0 amide bonds. The zero-order valence-corrected chi connectivity index (χ0v) is 22.7. The minimum Gasteiger partial charge on any atom is -0.497 e. The van der Waals surface area contributed by atoms with E-state index in [0.29, 0.717) is 28.5 Å². The predicted molar refractivity (Wildman–Crippen MR) is 145 cm³/mol. The molecular weight excluding hydrogens is 522 g/mol. The van der Waals surface area contributed by atoms with Crippen LogP contribution in [-0.4, -0.2) is 78.5 Å². The smallest absolute Gasteiger partial charge is 0.336 e. The van der Waals surface area contributed by atoms with Gasteiger partial charge in [-0.15, -0.1) is 0 Å². The molecule has 1 aliphatic heterocycles. The van der Waals surface area contributed by atoms with Crippen molar-refractivity contribution in [2.24, 2.45) is 0 Å². The molecule has 0 spiro atoms. The summed E-state index contributed by atoms with van der Waals surface area (Å²) in [5.74, 6) is -1.77. The van der Waals surface area contributed by atoms with Gasteiger partial charge < -0.3 is 34.6 Å². The summed E-state index contributed by atoms with van der Waals surface area (Å²) in [6, 6.07) is 12.5. The van der Waals surface area contributed by atoms with Gasteiger partial charge in [-0.25, -0.2) is 9.59 Å². The molecule has 3 N–H and O–H groups in total. The Hall–Kier alpha value is -4.42. The number of nitrogens with one attached hydrogen (secondary N) is 1. The number of carbonyl (C=O) groups is 2. The van der Waals surface area contributed by atoms with Crippen LogP contribution in [0.4, 0.5) is 5.69 Å². The van der Waals surface area contributed by atoms with Gasteiger partial charge in [-0.1, -0.05) is 12.1 Å². The summed E-state index contributed by atoms with van der Waals surface area (Å²) in [5.41, 5.74) is 0.970. The number of methoxy groups -OCH3 is 1. The number of carboxylic acids is 1. The molecule has 0 saturated carbocycles. The maximum absolute atomic E-state index is 13.3. The van der Waals surface area contributed by atoms with Gasteiger partial charge in [-0.05, 0) is 43.7 Å². The van der Waals surface area contributed by atoms with Gasteiger partial charge in [0.2, 0.25) is 0 Å². The molecule has 2 aromatic carbocycles. The van der Waals surface area contributed by atoms with Gasteiger partial charge in [0, 0.05) is 43.7 Å². The number of benzene rings is 2. The number of nitrogens with zero attached hydrogens (tertiary/aromatic N) is 2. The van der Waals surface area contributed by atoms with Gasteiger partial charge >= 0.3 is 11.9 Å². The van der Waals surface area contributed by atoms with Crippen LogP contribution in [0.15, 0.2) is 71.1 Å².